The van der Waals surface area contributed by atoms with E-state index < -0.39 is 25.1 Å². The fraction of sp³-hybridized carbons (Fsp3) is 0.250. The molecule has 0 bridgehead atoms. The number of para-hydroxylation sites is 3. The van der Waals surface area contributed by atoms with Crippen LogP contribution in [0.25, 0.3) is 55.6 Å². The third-order valence-corrected chi connectivity index (χ3v) is 12.0. The second-order valence-corrected chi connectivity index (χ2v) is 23.9. The second-order valence-electron chi connectivity index (χ2n) is 13.4. The molecule has 237 valence electrons. The van der Waals surface area contributed by atoms with Gasteiger partial charge in [0.1, 0.15) is 5.58 Å². The van der Waals surface area contributed by atoms with E-state index in [-0.39, 0.29) is 20.1 Å². The van der Waals surface area contributed by atoms with Crippen molar-refractivity contribution in [3.8, 4) is 22.6 Å². The van der Waals surface area contributed by atoms with Gasteiger partial charge in [-0.15, -0.1) is 18.2 Å². The quantitative estimate of drug-likeness (QED) is 0.128. The summed E-state index contributed by atoms with van der Waals surface area (Å²) in [6, 6.07) is 36.6. The molecular weight excluding hydrogens is 803 g/mol. The monoisotopic (exact) mass is 848 g/mol. The van der Waals surface area contributed by atoms with Crippen LogP contribution in [0.5, 0.6) is 0 Å². The Bertz CT molecular complexity index is 2190. The molecule has 0 fully saturated rings. The van der Waals surface area contributed by atoms with Crippen LogP contribution in [0.2, 0.25) is 17.3 Å². The molecule has 3 aromatic heterocycles. The summed E-state index contributed by atoms with van der Waals surface area (Å²) in [4.78, 5) is 9.47. The summed E-state index contributed by atoms with van der Waals surface area (Å²) in [7, 11) is 0. The van der Waals surface area contributed by atoms with E-state index in [0.717, 1.165) is 72.1 Å². The first kappa shape index (κ1) is 31.1. The van der Waals surface area contributed by atoms with Gasteiger partial charge in [-0.2, -0.15) is 0 Å². The molecule has 0 saturated carbocycles. The maximum absolute atomic E-state index is 8.76. The molecule has 0 amide bonds. The van der Waals surface area contributed by atoms with Crippen molar-refractivity contribution in [3.05, 3.63) is 115 Å². The number of nitrogens with zero attached hydrogens (tertiary/aromatic N) is 3. The molecule has 0 aliphatic rings. The molecule has 7 aromatic rings. The summed E-state index contributed by atoms with van der Waals surface area (Å²) in [5.74, 6) is 7.76. The van der Waals surface area contributed by atoms with Crippen LogP contribution >= 0.6 is 0 Å². The Balaban J connectivity index is 0.000000184. The van der Waals surface area contributed by atoms with Gasteiger partial charge in [0.25, 0.3) is 0 Å². The molecule has 0 atom stereocenters. The van der Waals surface area contributed by atoms with E-state index in [9.17, 15) is 0 Å². The Hall–Kier alpha value is -3.51. The summed E-state index contributed by atoms with van der Waals surface area (Å²) in [6.07, 6.45) is 0.502. The Morgan fingerprint density at radius 1 is 0.891 bits per heavy atom. The zero-order valence-corrected chi connectivity index (χ0v) is 32.0. The Morgan fingerprint density at radius 2 is 1.63 bits per heavy atom. The Morgan fingerprint density at radius 3 is 2.35 bits per heavy atom. The smallest absolute Gasteiger partial charge is 0 e. The number of aromatic nitrogens is 3. The first-order valence-electron chi connectivity index (χ1n) is 16.6. The maximum atomic E-state index is 8.76. The van der Waals surface area contributed by atoms with Crippen molar-refractivity contribution in [2.45, 2.75) is 57.9 Å². The number of hydrogen-bond donors (Lipinski definition) is 0. The van der Waals surface area contributed by atoms with Gasteiger partial charge in [0.15, 0.2) is 0 Å². The number of furan rings is 1. The maximum Gasteiger partial charge on any atom is 0 e. The number of pyridine rings is 1. The number of hydrogen-bond acceptors (Lipinski definition) is 3. The van der Waals surface area contributed by atoms with Gasteiger partial charge in [0, 0.05) is 32.0 Å². The molecule has 3 heterocycles. The fourth-order valence-corrected chi connectivity index (χ4v) is 8.63. The van der Waals surface area contributed by atoms with E-state index in [0.29, 0.717) is 0 Å². The first-order valence-corrected chi connectivity index (χ1v) is 22.9. The third kappa shape index (κ3) is 7.07. The molecule has 46 heavy (non-hydrogen) atoms. The average Bonchev–Trinajstić information content (AvgIpc) is 3.62. The van der Waals surface area contributed by atoms with E-state index >= 15 is 0 Å². The van der Waals surface area contributed by atoms with E-state index in [1.54, 1.807) is 0 Å². The predicted molar refractivity (Wildman–Crippen MR) is 192 cm³/mol. The number of rotatable bonds is 5. The number of imidazole rings is 1. The van der Waals surface area contributed by atoms with Crippen LogP contribution in [0.1, 0.15) is 36.0 Å². The molecule has 0 aliphatic heterocycles. The second kappa shape index (κ2) is 13.7. The van der Waals surface area contributed by atoms with Crippen LogP contribution in [0, 0.1) is 17.5 Å². The Kier molecular flexibility index (Phi) is 9.26. The summed E-state index contributed by atoms with van der Waals surface area (Å²) in [6.45, 7) is 8.86. The van der Waals surface area contributed by atoms with Gasteiger partial charge in [-0.1, -0.05) is 41.3 Å². The van der Waals surface area contributed by atoms with E-state index in [4.69, 9.17) is 12.1 Å². The zero-order chi connectivity index (χ0) is 33.6. The molecule has 0 aliphatic carbocycles. The molecular formula is C40H41GeIrN3O-2. The van der Waals surface area contributed by atoms with Crippen LogP contribution in [0.15, 0.2) is 102 Å². The van der Waals surface area contributed by atoms with Gasteiger partial charge in [0.2, 0.25) is 0 Å². The molecule has 0 saturated heterocycles. The van der Waals surface area contributed by atoms with Crippen LogP contribution < -0.4 is 4.40 Å². The summed E-state index contributed by atoms with van der Waals surface area (Å²) >= 11 is -2.24. The molecule has 4 aromatic carbocycles. The molecule has 0 N–H and O–H groups in total. The first-order chi connectivity index (χ1) is 22.3. The minimum absolute atomic E-state index is 0. The number of benzene rings is 4. The molecule has 4 nitrogen and oxygen atoms in total. The molecule has 6 heteroatoms. The molecule has 7 rings (SSSR count). The normalized spacial score (nSPS) is 12.8. The van der Waals surface area contributed by atoms with Gasteiger partial charge in [-0.3, -0.25) is 4.98 Å². The van der Waals surface area contributed by atoms with E-state index in [1.165, 1.54) is 0 Å². The Labute approximate surface area is 291 Å². The van der Waals surface area contributed by atoms with Gasteiger partial charge in [-0.05, 0) is 25.1 Å². The van der Waals surface area contributed by atoms with E-state index in [2.05, 4.69) is 64.1 Å². The largest absolute Gasteiger partial charge is 0 e. The van der Waals surface area contributed by atoms with Crippen molar-refractivity contribution in [1.29, 1.82) is 0 Å². The minimum atomic E-state index is -2.24. The van der Waals surface area contributed by atoms with Gasteiger partial charge in [0.05, 0.1) is 22.4 Å². The predicted octanol–water partition coefficient (Wildman–Crippen LogP) is 10.1. The van der Waals surface area contributed by atoms with Crippen LogP contribution in [-0.2, 0) is 33.0 Å². The minimum Gasteiger partial charge on any atom is 0 e. The van der Waals surface area contributed by atoms with Gasteiger partial charge >= 0.3 is 135 Å². The van der Waals surface area contributed by atoms with Crippen molar-refractivity contribution in [2.24, 2.45) is 5.41 Å². The average molecular weight is 847 g/mol. The van der Waals surface area contributed by atoms with Crippen molar-refractivity contribution in [3.63, 3.8) is 0 Å². The van der Waals surface area contributed by atoms with Crippen LogP contribution in [0.4, 0.5) is 0 Å². The standard InChI is InChI=1S/C21H15N2O.C19H26GeN.Ir/c1-2-23-18-12-5-4-11-17(18)22-21(23)16-10-7-9-15-14-8-3-6-13-19(14)24-20(15)16;1-19(2,3)13-16-12-18(15-10-8-7-9-11-15)21-14-17(16)20(4,5)6;/h3-9,11-13H,2H2,1H3;7-10,12,14H,13H2,1-6H3;/q2*-1;/i;13D2;. The van der Waals surface area contributed by atoms with Crippen molar-refractivity contribution >= 4 is 50.6 Å². The number of aryl methyl sites for hydroxylation is 1. The van der Waals surface area contributed by atoms with Crippen LogP contribution in [0.3, 0.4) is 0 Å². The number of fused-ring (bicyclic) bond motifs is 4. The summed E-state index contributed by atoms with van der Waals surface area (Å²) in [5, 5.41) is 2.23. The SMILES string of the molecule is CCn1c(-c2[c-]ccc3c2oc2ccccc23)nc2ccccc21.[2H]C([2H])(c1cc(-c2[c-]cccc2)nc[c]1[Ge]([CH3])([CH3])[CH3])C(C)(C)C.[Ir]. The molecule has 1 radical (unpaired) electrons. The topological polar surface area (TPSA) is 43.9 Å². The molecule has 0 spiro atoms. The third-order valence-electron chi connectivity index (χ3n) is 7.74. The van der Waals surface area contributed by atoms with Crippen LogP contribution in [-0.4, -0.2) is 27.8 Å². The van der Waals surface area contributed by atoms with Crippen molar-refractivity contribution in [1.82, 2.24) is 14.5 Å². The summed E-state index contributed by atoms with van der Waals surface area (Å²) in [5.41, 5.74) is 6.83. The summed E-state index contributed by atoms with van der Waals surface area (Å²) < 4.78 is 27.0. The van der Waals surface area contributed by atoms with Crippen molar-refractivity contribution < 1.29 is 27.3 Å². The molecule has 0 unspecified atom stereocenters. The van der Waals surface area contributed by atoms with Gasteiger partial charge in [-0.25, -0.2) is 0 Å². The van der Waals surface area contributed by atoms with Gasteiger partial charge < -0.3 is 8.98 Å². The van der Waals surface area contributed by atoms with E-state index in [1.807, 2.05) is 99.8 Å². The fourth-order valence-electron chi connectivity index (χ4n) is 5.70. The zero-order valence-electron chi connectivity index (χ0n) is 29.5. The van der Waals surface area contributed by atoms with Crippen molar-refractivity contribution in [2.75, 3.05) is 0 Å².